The lowest BCUT2D eigenvalue weighted by Crippen LogP contribution is -2.38. The second-order valence-electron chi connectivity index (χ2n) is 5.51. The molecule has 1 aliphatic heterocycles. The standard InChI is InChI=1S/C13H20ClN3S/c14-13-16-6-12(18-13)9-17(7-10-3-4-10)8-11-2-1-5-15-11/h6,10-11,15H,1-5,7-9H2. The van der Waals surface area contributed by atoms with Crippen molar-refractivity contribution in [3.8, 4) is 0 Å². The maximum Gasteiger partial charge on any atom is 0.183 e. The van der Waals surface area contributed by atoms with Gasteiger partial charge < -0.3 is 5.32 Å². The van der Waals surface area contributed by atoms with E-state index < -0.39 is 0 Å². The van der Waals surface area contributed by atoms with Crippen LogP contribution in [0.1, 0.15) is 30.6 Å². The van der Waals surface area contributed by atoms with E-state index in [0.717, 1.165) is 12.5 Å². The van der Waals surface area contributed by atoms with Crippen molar-refractivity contribution in [1.82, 2.24) is 15.2 Å². The Labute approximate surface area is 118 Å². The minimum absolute atomic E-state index is 0.662. The van der Waals surface area contributed by atoms with Gasteiger partial charge in [-0.25, -0.2) is 4.98 Å². The van der Waals surface area contributed by atoms with Crippen molar-refractivity contribution in [2.75, 3.05) is 19.6 Å². The van der Waals surface area contributed by atoms with Crippen molar-refractivity contribution < 1.29 is 0 Å². The molecule has 2 fully saturated rings. The van der Waals surface area contributed by atoms with E-state index in [1.807, 2.05) is 6.20 Å². The van der Waals surface area contributed by atoms with Crippen molar-refractivity contribution in [2.45, 2.75) is 38.3 Å². The summed E-state index contributed by atoms with van der Waals surface area (Å²) in [6.07, 6.45) is 7.41. The van der Waals surface area contributed by atoms with E-state index >= 15 is 0 Å². The second kappa shape index (κ2) is 5.87. The van der Waals surface area contributed by atoms with Crippen LogP contribution < -0.4 is 5.32 Å². The van der Waals surface area contributed by atoms with Gasteiger partial charge in [-0.3, -0.25) is 4.90 Å². The lowest BCUT2D eigenvalue weighted by Gasteiger charge is -2.25. The monoisotopic (exact) mass is 285 g/mol. The number of hydrogen-bond acceptors (Lipinski definition) is 4. The summed E-state index contributed by atoms with van der Waals surface area (Å²) in [5.74, 6) is 0.940. The van der Waals surface area contributed by atoms with Gasteiger partial charge in [0.1, 0.15) is 0 Å². The molecule has 1 aromatic heterocycles. The molecule has 100 valence electrons. The van der Waals surface area contributed by atoms with Crippen molar-refractivity contribution in [3.05, 3.63) is 15.5 Å². The summed E-state index contributed by atoms with van der Waals surface area (Å²) in [7, 11) is 0. The van der Waals surface area contributed by atoms with Crippen molar-refractivity contribution in [2.24, 2.45) is 5.92 Å². The van der Waals surface area contributed by atoms with Gasteiger partial charge in [0.2, 0.25) is 0 Å². The SMILES string of the molecule is Clc1ncc(CN(CC2CC2)CC2CCCN2)s1. The van der Waals surface area contributed by atoms with Gasteiger partial charge in [0.05, 0.1) is 0 Å². The Morgan fingerprint density at radius 3 is 2.89 bits per heavy atom. The fourth-order valence-corrected chi connectivity index (χ4v) is 3.69. The van der Waals surface area contributed by atoms with Gasteiger partial charge in [0.25, 0.3) is 0 Å². The third-order valence-corrected chi connectivity index (χ3v) is 4.86. The van der Waals surface area contributed by atoms with E-state index in [9.17, 15) is 0 Å². The molecule has 1 aliphatic carbocycles. The molecule has 2 heterocycles. The molecular formula is C13H20ClN3S. The lowest BCUT2D eigenvalue weighted by atomic mass is 10.2. The first-order chi connectivity index (χ1) is 8.79. The minimum Gasteiger partial charge on any atom is -0.313 e. The zero-order valence-corrected chi connectivity index (χ0v) is 12.1. The Morgan fingerprint density at radius 2 is 2.28 bits per heavy atom. The zero-order valence-electron chi connectivity index (χ0n) is 10.6. The van der Waals surface area contributed by atoms with Crippen LogP contribution in [0.3, 0.4) is 0 Å². The van der Waals surface area contributed by atoms with E-state index in [1.165, 1.54) is 50.2 Å². The van der Waals surface area contributed by atoms with Crippen LogP contribution in [0.2, 0.25) is 4.47 Å². The molecule has 1 atom stereocenters. The summed E-state index contributed by atoms with van der Waals surface area (Å²) >= 11 is 7.52. The fourth-order valence-electron chi connectivity index (χ4n) is 2.67. The molecule has 0 radical (unpaired) electrons. The number of thiazole rings is 1. The van der Waals surface area contributed by atoms with E-state index in [2.05, 4.69) is 15.2 Å². The summed E-state index contributed by atoms with van der Waals surface area (Å²) in [5, 5.41) is 3.59. The van der Waals surface area contributed by atoms with Crippen molar-refractivity contribution in [1.29, 1.82) is 0 Å². The smallest absolute Gasteiger partial charge is 0.183 e. The molecular weight excluding hydrogens is 266 g/mol. The lowest BCUT2D eigenvalue weighted by molar-refractivity contribution is 0.233. The molecule has 0 amide bonds. The van der Waals surface area contributed by atoms with Crippen LogP contribution in [0.25, 0.3) is 0 Å². The zero-order chi connectivity index (χ0) is 12.4. The van der Waals surface area contributed by atoms with Gasteiger partial charge in [-0.05, 0) is 38.1 Å². The third-order valence-electron chi connectivity index (χ3n) is 3.76. The first-order valence-electron chi connectivity index (χ1n) is 6.85. The van der Waals surface area contributed by atoms with Crippen LogP contribution >= 0.6 is 22.9 Å². The maximum atomic E-state index is 5.91. The third kappa shape index (κ3) is 3.67. The van der Waals surface area contributed by atoms with Crippen molar-refractivity contribution >= 4 is 22.9 Å². The van der Waals surface area contributed by atoms with Crippen LogP contribution in [0, 0.1) is 5.92 Å². The largest absolute Gasteiger partial charge is 0.313 e. The molecule has 18 heavy (non-hydrogen) atoms. The molecule has 1 N–H and O–H groups in total. The van der Waals surface area contributed by atoms with Crippen LogP contribution in [0.4, 0.5) is 0 Å². The summed E-state index contributed by atoms with van der Waals surface area (Å²) in [6.45, 7) is 4.62. The Bertz CT molecular complexity index is 385. The molecule has 1 saturated heterocycles. The number of aromatic nitrogens is 1. The highest BCUT2D eigenvalue weighted by Crippen LogP contribution is 2.31. The average Bonchev–Trinajstić information content (AvgIpc) is 2.84. The van der Waals surface area contributed by atoms with Gasteiger partial charge >= 0.3 is 0 Å². The molecule has 5 heteroatoms. The number of nitrogens with zero attached hydrogens (tertiary/aromatic N) is 2. The fraction of sp³-hybridized carbons (Fsp3) is 0.769. The summed E-state index contributed by atoms with van der Waals surface area (Å²) in [4.78, 5) is 8.02. The molecule has 2 aliphatic rings. The van der Waals surface area contributed by atoms with Crippen LogP contribution in [-0.2, 0) is 6.54 Å². The first-order valence-corrected chi connectivity index (χ1v) is 8.05. The Hall–Kier alpha value is -0.160. The van der Waals surface area contributed by atoms with E-state index in [-0.39, 0.29) is 0 Å². The van der Waals surface area contributed by atoms with Crippen LogP contribution in [0.5, 0.6) is 0 Å². The van der Waals surface area contributed by atoms with E-state index in [0.29, 0.717) is 10.5 Å². The first kappa shape index (κ1) is 12.9. The summed E-state index contributed by atoms with van der Waals surface area (Å²) < 4.78 is 0.662. The second-order valence-corrected chi connectivity index (χ2v) is 7.21. The van der Waals surface area contributed by atoms with Crippen LogP contribution in [0.15, 0.2) is 6.20 Å². The van der Waals surface area contributed by atoms with E-state index in [1.54, 1.807) is 11.3 Å². The van der Waals surface area contributed by atoms with Gasteiger partial charge in [0.15, 0.2) is 4.47 Å². The highest BCUT2D eigenvalue weighted by atomic mass is 35.5. The number of halogens is 1. The molecule has 3 nitrogen and oxygen atoms in total. The van der Waals surface area contributed by atoms with Gasteiger partial charge in [0, 0.05) is 36.8 Å². The predicted octanol–water partition coefficient (Wildman–Crippen LogP) is 2.76. The number of nitrogens with one attached hydrogen (secondary N) is 1. The number of hydrogen-bond donors (Lipinski definition) is 1. The topological polar surface area (TPSA) is 28.2 Å². The highest BCUT2D eigenvalue weighted by Gasteiger charge is 2.26. The maximum absolute atomic E-state index is 5.91. The van der Waals surface area contributed by atoms with Crippen LogP contribution in [-0.4, -0.2) is 35.6 Å². The molecule has 1 unspecified atom stereocenters. The predicted molar refractivity (Wildman–Crippen MR) is 76.1 cm³/mol. The summed E-state index contributed by atoms with van der Waals surface area (Å²) in [5.41, 5.74) is 0. The average molecular weight is 286 g/mol. The highest BCUT2D eigenvalue weighted by molar-refractivity contribution is 7.15. The normalized spacial score (nSPS) is 24.0. The molecule has 0 spiro atoms. The molecule has 1 saturated carbocycles. The van der Waals surface area contributed by atoms with E-state index in [4.69, 9.17) is 11.6 Å². The Balaban J connectivity index is 1.57. The molecule has 1 aromatic rings. The Morgan fingerprint density at radius 1 is 1.39 bits per heavy atom. The Kier molecular flexibility index (Phi) is 4.19. The summed E-state index contributed by atoms with van der Waals surface area (Å²) in [6, 6.07) is 0.687. The minimum atomic E-state index is 0.662. The quantitative estimate of drug-likeness (QED) is 0.871. The van der Waals surface area contributed by atoms with Crippen molar-refractivity contribution in [3.63, 3.8) is 0 Å². The van der Waals surface area contributed by atoms with Gasteiger partial charge in [-0.1, -0.05) is 11.6 Å². The molecule has 0 aromatic carbocycles. The number of rotatable bonds is 6. The molecule has 3 rings (SSSR count). The molecule has 0 bridgehead atoms. The van der Waals surface area contributed by atoms with Gasteiger partial charge in [-0.2, -0.15) is 0 Å². The van der Waals surface area contributed by atoms with Gasteiger partial charge in [-0.15, -0.1) is 11.3 Å².